The van der Waals surface area contributed by atoms with Gasteiger partial charge in [-0.25, -0.2) is 4.79 Å². The van der Waals surface area contributed by atoms with Crippen LogP contribution in [0.25, 0.3) is 11.1 Å². The predicted octanol–water partition coefficient (Wildman–Crippen LogP) is 7.65. The number of benzene rings is 3. The van der Waals surface area contributed by atoms with Gasteiger partial charge in [-0.15, -0.1) is 0 Å². The second kappa shape index (κ2) is 13.9. The van der Waals surface area contributed by atoms with Crippen LogP contribution >= 0.6 is 0 Å². The summed E-state index contributed by atoms with van der Waals surface area (Å²) in [6.45, 7) is 3.71. The molecular formula is C41H51N3O4. The van der Waals surface area contributed by atoms with Gasteiger partial charge < -0.3 is 30.1 Å². The average molecular weight is 650 g/mol. The Bertz CT molecular complexity index is 1520. The lowest BCUT2D eigenvalue weighted by Crippen LogP contribution is -2.61. The molecule has 0 radical (unpaired) electrons. The molecule has 3 atom stereocenters. The van der Waals surface area contributed by atoms with Crippen LogP contribution in [0.3, 0.4) is 0 Å². The molecule has 4 aliphatic carbocycles. The van der Waals surface area contributed by atoms with E-state index in [1.165, 1.54) is 38.5 Å². The summed E-state index contributed by atoms with van der Waals surface area (Å²) in [7, 11) is 0. The van der Waals surface area contributed by atoms with E-state index < -0.39 is 6.29 Å². The van der Waals surface area contributed by atoms with Gasteiger partial charge in [0.15, 0.2) is 6.29 Å². The molecule has 3 aromatic rings. The monoisotopic (exact) mass is 649 g/mol. The van der Waals surface area contributed by atoms with Crippen LogP contribution < -0.4 is 10.6 Å². The molecule has 48 heavy (non-hydrogen) atoms. The summed E-state index contributed by atoms with van der Waals surface area (Å²) in [6.07, 6.45) is 11.7. The fourth-order valence-corrected chi connectivity index (χ4v) is 9.96. The molecule has 7 heteroatoms. The molecule has 7 nitrogen and oxygen atoms in total. The van der Waals surface area contributed by atoms with Gasteiger partial charge in [0.05, 0.1) is 18.8 Å². The fourth-order valence-electron chi connectivity index (χ4n) is 9.96. The van der Waals surface area contributed by atoms with Crippen LogP contribution in [0.1, 0.15) is 98.9 Å². The van der Waals surface area contributed by atoms with Crippen molar-refractivity contribution in [1.29, 1.82) is 0 Å². The normalized spacial score (nSPS) is 31.4. The maximum absolute atomic E-state index is 13.2. The fraction of sp³-hybridized carbons (Fsp3) is 0.537. The number of piperidine rings is 1. The Hall–Kier alpha value is -3.23. The Morgan fingerprint density at radius 2 is 1.46 bits per heavy atom. The highest BCUT2D eigenvalue weighted by molar-refractivity contribution is 5.76. The molecule has 6 aliphatic rings. The van der Waals surface area contributed by atoms with Crippen LogP contribution in [0.2, 0.25) is 0 Å². The zero-order valence-electron chi connectivity index (χ0n) is 28.1. The standard InChI is InChI=1S/C41H51N3O4/c45-27-28-8-10-33(11-9-28)38-21-36(26-44-16-4-1-5-17-44)47-39(48-38)34-14-12-32(13-15-34)37-7-3-2-6-35(37)25-42-40(46)43-41-22-29-18-30(23-41)20-31(19-29)24-41/h2-3,6-15,29-31,36,38-39,45H,1,4-5,16-27H2,(H2,42,43,46)/t29?,30?,31?,36-,38+,39+,41?/m1/s1. The average Bonchev–Trinajstić information content (AvgIpc) is 3.10. The number of nitrogens with zero attached hydrogens (tertiary/aromatic N) is 1. The smallest absolute Gasteiger partial charge is 0.315 e. The third kappa shape index (κ3) is 7.07. The number of urea groups is 1. The van der Waals surface area contributed by atoms with Gasteiger partial charge in [-0.05, 0) is 110 Å². The van der Waals surface area contributed by atoms with Crippen molar-refractivity contribution < 1.29 is 19.4 Å². The SMILES string of the molecule is O=C(NCc1ccccc1-c1ccc([C@H]2O[C@@H](CN3CCCCC3)C[C@@H](c3ccc(CO)cc3)O2)cc1)NC12CC3CC(CC(C3)C1)C2. The van der Waals surface area contributed by atoms with E-state index in [9.17, 15) is 9.90 Å². The second-order valence-corrected chi connectivity index (χ2v) is 15.5. The summed E-state index contributed by atoms with van der Waals surface area (Å²) < 4.78 is 13.3. The van der Waals surface area contributed by atoms with Crippen molar-refractivity contribution in [3.05, 3.63) is 95.1 Å². The Labute approximate surface area is 285 Å². The van der Waals surface area contributed by atoms with Crippen molar-refractivity contribution in [2.45, 2.75) is 101 Å². The zero-order chi connectivity index (χ0) is 32.5. The van der Waals surface area contributed by atoms with Gasteiger partial charge in [0, 0.05) is 30.6 Å². The van der Waals surface area contributed by atoms with E-state index in [1.54, 1.807) is 0 Å². The number of ether oxygens (including phenoxy) is 2. The van der Waals surface area contributed by atoms with E-state index in [4.69, 9.17) is 9.47 Å². The van der Waals surface area contributed by atoms with Gasteiger partial charge in [-0.3, -0.25) is 0 Å². The van der Waals surface area contributed by atoms with E-state index in [-0.39, 0.29) is 30.4 Å². The molecule has 2 aliphatic heterocycles. The topological polar surface area (TPSA) is 83.1 Å². The van der Waals surface area contributed by atoms with Crippen molar-refractivity contribution in [2.24, 2.45) is 17.8 Å². The molecule has 3 N–H and O–H groups in total. The first-order valence-corrected chi connectivity index (χ1v) is 18.5. The molecule has 4 saturated carbocycles. The molecule has 0 aromatic heterocycles. The highest BCUT2D eigenvalue weighted by Crippen LogP contribution is 2.55. The number of rotatable bonds is 9. The van der Waals surface area contributed by atoms with E-state index >= 15 is 0 Å². The number of likely N-dealkylation sites (tertiary alicyclic amines) is 1. The highest BCUT2D eigenvalue weighted by Gasteiger charge is 2.51. The first-order valence-electron chi connectivity index (χ1n) is 18.5. The number of hydrogen-bond donors (Lipinski definition) is 3. The largest absolute Gasteiger partial charge is 0.392 e. The zero-order valence-corrected chi connectivity index (χ0v) is 28.1. The minimum Gasteiger partial charge on any atom is -0.392 e. The maximum Gasteiger partial charge on any atom is 0.315 e. The van der Waals surface area contributed by atoms with E-state index in [2.05, 4.69) is 70.1 Å². The lowest BCUT2D eigenvalue weighted by Gasteiger charge is -2.56. The summed E-state index contributed by atoms with van der Waals surface area (Å²) in [5.41, 5.74) is 6.36. The third-order valence-electron chi connectivity index (χ3n) is 11.9. The Balaban J connectivity index is 0.946. The number of amides is 2. The van der Waals surface area contributed by atoms with Crippen molar-refractivity contribution in [2.75, 3.05) is 19.6 Å². The van der Waals surface area contributed by atoms with Gasteiger partial charge in [-0.2, -0.15) is 0 Å². The van der Waals surface area contributed by atoms with Crippen LogP contribution in [0.5, 0.6) is 0 Å². The minimum atomic E-state index is -0.463. The number of nitrogens with one attached hydrogen (secondary N) is 2. The number of carbonyl (C=O) groups is 1. The van der Waals surface area contributed by atoms with Crippen LogP contribution in [-0.2, 0) is 22.6 Å². The van der Waals surface area contributed by atoms with Crippen LogP contribution in [0.15, 0.2) is 72.8 Å². The van der Waals surface area contributed by atoms with E-state index in [0.717, 1.165) is 96.5 Å². The lowest BCUT2D eigenvalue weighted by atomic mass is 9.53. The Kier molecular flexibility index (Phi) is 9.30. The highest BCUT2D eigenvalue weighted by atomic mass is 16.7. The van der Waals surface area contributed by atoms with Crippen LogP contribution in [0.4, 0.5) is 4.79 Å². The molecule has 0 unspecified atom stereocenters. The summed E-state index contributed by atoms with van der Waals surface area (Å²) in [5.74, 6) is 2.40. The molecule has 254 valence electrons. The number of aliphatic hydroxyl groups excluding tert-OH is 1. The molecule has 6 fully saturated rings. The number of carbonyl (C=O) groups excluding carboxylic acids is 1. The minimum absolute atomic E-state index is 0.00607. The summed E-state index contributed by atoms with van der Waals surface area (Å²) in [6, 6.07) is 25.0. The van der Waals surface area contributed by atoms with Crippen LogP contribution in [-0.4, -0.2) is 47.3 Å². The van der Waals surface area contributed by atoms with Crippen LogP contribution in [0, 0.1) is 17.8 Å². The van der Waals surface area contributed by atoms with Gasteiger partial charge in [0.25, 0.3) is 0 Å². The van der Waals surface area contributed by atoms with Crippen molar-refractivity contribution in [3.63, 3.8) is 0 Å². The molecule has 2 saturated heterocycles. The summed E-state index contributed by atoms with van der Waals surface area (Å²) >= 11 is 0. The Morgan fingerprint density at radius 1 is 0.792 bits per heavy atom. The third-order valence-corrected chi connectivity index (χ3v) is 11.9. The van der Waals surface area contributed by atoms with Gasteiger partial charge in [0.1, 0.15) is 0 Å². The molecule has 4 bridgehead atoms. The van der Waals surface area contributed by atoms with Crippen molar-refractivity contribution in [3.8, 4) is 11.1 Å². The molecule has 0 spiro atoms. The molecular weight excluding hydrogens is 598 g/mol. The first kappa shape index (κ1) is 32.0. The molecule has 2 amide bonds. The molecule has 3 aromatic carbocycles. The van der Waals surface area contributed by atoms with Crippen molar-refractivity contribution in [1.82, 2.24) is 15.5 Å². The maximum atomic E-state index is 13.2. The van der Waals surface area contributed by atoms with E-state index in [1.807, 2.05) is 18.2 Å². The number of hydrogen-bond acceptors (Lipinski definition) is 5. The predicted molar refractivity (Wildman–Crippen MR) is 187 cm³/mol. The summed E-state index contributed by atoms with van der Waals surface area (Å²) in [4.78, 5) is 15.8. The second-order valence-electron chi connectivity index (χ2n) is 15.5. The molecule has 2 heterocycles. The van der Waals surface area contributed by atoms with E-state index in [0.29, 0.717) is 6.54 Å². The summed E-state index contributed by atoms with van der Waals surface area (Å²) in [5, 5.41) is 16.2. The first-order chi connectivity index (χ1) is 23.5. The van der Waals surface area contributed by atoms with Crippen molar-refractivity contribution >= 4 is 6.03 Å². The lowest BCUT2D eigenvalue weighted by molar-refractivity contribution is -0.253. The van der Waals surface area contributed by atoms with Gasteiger partial charge >= 0.3 is 6.03 Å². The van der Waals surface area contributed by atoms with Gasteiger partial charge in [0.2, 0.25) is 0 Å². The number of aliphatic hydroxyl groups is 1. The Morgan fingerprint density at radius 3 is 2.15 bits per heavy atom. The van der Waals surface area contributed by atoms with Gasteiger partial charge in [-0.1, -0.05) is 79.2 Å². The molecule has 9 rings (SSSR count). The quantitative estimate of drug-likeness (QED) is 0.222.